The molecule has 0 bridgehead atoms. The topological polar surface area (TPSA) is 69.6 Å². The van der Waals surface area contributed by atoms with Crippen LogP contribution in [0.2, 0.25) is 0 Å². The van der Waals surface area contributed by atoms with Crippen LogP contribution in [0.4, 0.5) is 4.79 Å². The van der Waals surface area contributed by atoms with Crippen LogP contribution in [0.15, 0.2) is 0 Å². The third-order valence-corrected chi connectivity index (χ3v) is 4.45. The molecule has 0 aromatic carbocycles. The molecular formula is C13H22N2O3. The Morgan fingerprint density at radius 3 is 2.22 bits per heavy atom. The molecule has 0 radical (unpaired) electrons. The molecule has 1 unspecified atom stereocenters. The number of carbonyl (C=O) groups excluding carboxylic acids is 1. The van der Waals surface area contributed by atoms with Gasteiger partial charge in [0.1, 0.15) is 0 Å². The summed E-state index contributed by atoms with van der Waals surface area (Å²) in [4.78, 5) is 24.6. The standard InChI is InChI=1S/C13H22N2O3/c1-13(2)6-3-10(13)14-12(18)15-7-4-9(5-8-15)11(16)17/h9-10H,3-8H2,1-2H3,(H,14,18)(H,16,17). The molecule has 0 aromatic rings. The van der Waals surface area contributed by atoms with Crippen molar-refractivity contribution in [3.63, 3.8) is 0 Å². The van der Waals surface area contributed by atoms with E-state index in [1.165, 1.54) is 0 Å². The Balaban J connectivity index is 1.79. The van der Waals surface area contributed by atoms with Crippen LogP contribution in [0.5, 0.6) is 0 Å². The molecule has 18 heavy (non-hydrogen) atoms. The molecule has 2 rings (SSSR count). The molecule has 1 atom stereocenters. The molecule has 1 aliphatic carbocycles. The number of rotatable bonds is 2. The van der Waals surface area contributed by atoms with Gasteiger partial charge in [0.25, 0.3) is 0 Å². The Morgan fingerprint density at radius 1 is 1.22 bits per heavy atom. The minimum absolute atomic E-state index is 0.0309. The van der Waals surface area contributed by atoms with Crippen LogP contribution in [0.25, 0.3) is 0 Å². The second kappa shape index (κ2) is 4.78. The van der Waals surface area contributed by atoms with Gasteiger partial charge in [0.15, 0.2) is 0 Å². The van der Waals surface area contributed by atoms with Crippen LogP contribution in [-0.4, -0.2) is 41.1 Å². The van der Waals surface area contributed by atoms with Crippen LogP contribution >= 0.6 is 0 Å². The minimum Gasteiger partial charge on any atom is -0.481 e. The van der Waals surface area contributed by atoms with Crippen molar-refractivity contribution in [2.75, 3.05) is 13.1 Å². The maximum Gasteiger partial charge on any atom is 0.317 e. The third-order valence-electron chi connectivity index (χ3n) is 4.45. The second-order valence-corrected chi connectivity index (χ2v) is 6.13. The molecule has 2 fully saturated rings. The first-order valence-corrected chi connectivity index (χ1v) is 6.68. The van der Waals surface area contributed by atoms with Crippen LogP contribution in [0.1, 0.15) is 39.5 Å². The number of carbonyl (C=O) groups is 2. The summed E-state index contributed by atoms with van der Waals surface area (Å²) in [5.74, 6) is -1.02. The highest BCUT2D eigenvalue weighted by molar-refractivity contribution is 5.75. The number of hydrogen-bond donors (Lipinski definition) is 2. The molecule has 1 heterocycles. The number of hydrogen-bond acceptors (Lipinski definition) is 2. The summed E-state index contributed by atoms with van der Waals surface area (Å²) in [6, 6.07) is 0.235. The van der Waals surface area contributed by atoms with Gasteiger partial charge < -0.3 is 15.3 Å². The molecule has 5 heteroatoms. The smallest absolute Gasteiger partial charge is 0.317 e. The molecule has 1 saturated carbocycles. The van der Waals surface area contributed by atoms with E-state index in [0.29, 0.717) is 25.9 Å². The Kier molecular flexibility index (Phi) is 3.50. The third kappa shape index (κ3) is 2.60. The molecule has 2 aliphatic rings. The van der Waals surface area contributed by atoms with Crippen molar-refractivity contribution in [3.8, 4) is 0 Å². The van der Waals surface area contributed by atoms with Gasteiger partial charge in [-0.15, -0.1) is 0 Å². The van der Waals surface area contributed by atoms with Crippen molar-refractivity contribution in [2.24, 2.45) is 11.3 Å². The summed E-state index contributed by atoms with van der Waals surface area (Å²) in [6.07, 6.45) is 3.33. The number of nitrogens with zero attached hydrogens (tertiary/aromatic N) is 1. The molecular weight excluding hydrogens is 232 g/mol. The lowest BCUT2D eigenvalue weighted by molar-refractivity contribution is -0.143. The largest absolute Gasteiger partial charge is 0.481 e. The first kappa shape index (κ1) is 13.2. The summed E-state index contributed by atoms with van der Waals surface area (Å²) in [6.45, 7) is 5.43. The Morgan fingerprint density at radius 2 is 1.83 bits per heavy atom. The summed E-state index contributed by atoms with van der Waals surface area (Å²) < 4.78 is 0. The molecule has 0 spiro atoms. The Labute approximate surface area is 108 Å². The van der Waals surface area contributed by atoms with Crippen molar-refractivity contribution >= 4 is 12.0 Å². The van der Waals surface area contributed by atoms with Gasteiger partial charge in [-0.05, 0) is 31.1 Å². The van der Waals surface area contributed by atoms with E-state index in [2.05, 4.69) is 19.2 Å². The van der Waals surface area contributed by atoms with Crippen molar-refractivity contribution < 1.29 is 14.7 Å². The maximum absolute atomic E-state index is 12.0. The van der Waals surface area contributed by atoms with E-state index in [4.69, 9.17) is 5.11 Å². The normalized spacial score (nSPS) is 27.4. The first-order valence-electron chi connectivity index (χ1n) is 6.68. The average Bonchev–Trinajstić information content (AvgIpc) is 2.34. The van der Waals surface area contributed by atoms with Gasteiger partial charge in [-0.25, -0.2) is 4.79 Å². The predicted octanol–water partition coefficient (Wildman–Crippen LogP) is 1.68. The van der Waals surface area contributed by atoms with Gasteiger partial charge in [0, 0.05) is 19.1 Å². The highest BCUT2D eigenvalue weighted by Gasteiger charge is 2.40. The zero-order valence-corrected chi connectivity index (χ0v) is 11.1. The summed E-state index contributed by atoms with van der Waals surface area (Å²) in [7, 11) is 0. The molecule has 1 aliphatic heterocycles. The zero-order chi connectivity index (χ0) is 13.3. The van der Waals surface area contributed by atoms with E-state index in [1.54, 1.807) is 4.90 Å². The fourth-order valence-electron chi connectivity index (χ4n) is 2.70. The predicted molar refractivity (Wildman–Crippen MR) is 67.3 cm³/mol. The summed E-state index contributed by atoms with van der Waals surface area (Å²) in [5.41, 5.74) is 0.203. The van der Waals surface area contributed by atoms with E-state index in [9.17, 15) is 9.59 Å². The van der Waals surface area contributed by atoms with E-state index >= 15 is 0 Å². The van der Waals surface area contributed by atoms with E-state index in [0.717, 1.165) is 12.8 Å². The van der Waals surface area contributed by atoms with Gasteiger partial charge in [0.2, 0.25) is 0 Å². The molecule has 102 valence electrons. The number of piperidine rings is 1. The van der Waals surface area contributed by atoms with Gasteiger partial charge in [-0.1, -0.05) is 13.8 Å². The zero-order valence-electron chi connectivity index (χ0n) is 11.1. The van der Waals surface area contributed by atoms with E-state index < -0.39 is 5.97 Å². The van der Waals surface area contributed by atoms with Crippen molar-refractivity contribution in [1.82, 2.24) is 10.2 Å². The van der Waals surface area contributed by atoms with Gasteiger partial charge in [-0.2, -0.15) is 0 Å². The molecule has 1 saturated heterocycles. The lowest BCUT2D eigenvalue weighted by Gasteiger charge is -2.45. The van der Waals surface area contributed by atoms with Crippen molar-refractivity contribution in [3.05, 3.63) is 0 Å². The fraction of sp³-hybridized carbons (Fsp3) is 0.846. The van der Waals surface area contributed by atoms with Crippen LogP contribution in [0.3, 0.4) is 0 Å². The van der Waals surface area contributed by atoms with Crippen LogP contribution in [-0.2, 0) is 4.79 Å². The van der Waals surface area contributed by atoms with Gasteiger partial charge in [-0.3, -0.25) is 4.79 Å². The van der Waals surface area contributed by atoms with Gasteiger partial charge >= 0.3 is 12.0 Å². The van der Waals surface area contributed by atoms with E-state index in [-0.39, 0.29) is 23.4 Å². The Hall–Kier alpha value is -1.26. The number of likely N-dealkylation sites (tertiary alicyclic amines) is 1. The number of carboxylic acid groups (broad SMARTS) is 1. The van der Waals surface area contributed by atoms with E-state index in [1.807, 2.05) is 0 Å². The number of carboxylic acids is 1. The highest BCUT2D eigenvalue weighted by atomic mass is 16.4. The minimum atomic E-state index is -0.741. The quantitative estimate of drug-likeness (QED) is 0.787. The molecule has 0 aromatic heterocycles. The number of amides is 2. The van der Waals surface area contributed by atoms with Crippen LogP contribution < -0.4 is 5.32 Å². The first-order chi connectivity index (χ1) is 8.40. The molecule has 2 amide bonds. The summed E-state index contributed by atoms with van der Waals surface area (Å²) >= 11 is 0. The lowest BCUT2D eigenvalue weighted by atomic mass is 9.67. The number of nitrogens with one attached hydrogen (secondary N) is 1. The molecule has 2 N–H and O–H groups in total. The number of urea groups is 1. The molecule has 5 nitrogen and oxygen atoms in total. The number of aliphatic carboxylic acids is 1. The SMILES string of the molecule is CC1(C)CCC1NC(=O)N1CCC(C(=O)O)CC1. The maximum atomic E-state index is 12.0. The Bertz CT molecular complexity index is 346. The van der Waals surface area contributed by atoms with Gasteiger partial charge in [0.05, 0.1) is 5.92 Å². The van der Waals surface area contributed by atoms with Crippen molar-refractivity contribution in [2.45, 2.75) is 45.6 Å². The summed E-state index contributed by atoms with van der Waals surface area (Å²) in [5, 5.41) is 12.0. The lowest BCUT2D eigenvalue weighted by Crippen LogP contribution is -2.56. The second-order valence-electron chi connectivity index (χ2n) is 6.13. The monoisotopic (exact) mass is 254 g/mol. The highest BCUT2D eigenvalue weighted by Crippen LogP contribution is 2.40. The fourth-order valence-corrected chi connectivity index (χ4v) is 2.70. The van der Waals surface area contributed by atoms with Crippen molar-refractivity contribution in [1.29, 1.82) is 0 Å². The van der Waals surface area contributed by atoms with Crippen LogP contribution in [0, 0.1) is 11.3 Å². The average molecular weight is 254 g/mol.